The molecule has 0 saturated heterocycles. The third-order valence-corrected chi connectivity index (χ3v) is 6.27. The van der Waals surface area contributed by atoms with E-state index in [-0.39, 0.29) is 5.04 Å². The Balaban J connectivity index is 1.78. The second kappa shape index (κ2) is 11.4. The van der Waals surface area contributed by atoms with E-state index < -0.39 is 11.7 Å². The summed E-state index contributed by atoms with van der Waals surface area (Å²) in [5.74, 6) is 0.686. The van der Waals surface area contributed by atoms with E-state index in [9.17, 15) is 13.2 Å². The number of hydrogen-bond acceptors (Lipinski definition) is 4. The zero-order valence-electron chi connectivity index (χ0n) is 18.8. The third-order valence-electron chi connectivity index (χ3n) is 5.28. The molecule has 2 heterocycles. The predicted octanol–water partition coefficient (Wildman–Crippen LogP) is 7.68. The Morgan fingerprint density at radius 1 is 1.15 bits per heavy atom. The van der Waals surface area contributed by atoms with Crippen molar-refractivity contribution in [3.8, 4) is 5.75 Å². The van der Waals surface area contributed by atoms with Gasteiger partial charge in [0.15, 0.2) is 0 Å². The maximum Gasteiger partial charge on any atom is 0.416 e. The average Bonchev–Trinajstić information content (AvgIpc) is 3.20. The number of nitrogens with one attached hydrogen (secondary N) is 1. The van der Waals surface area contributed by atoms with Gasteiger partial charge in [0, 0.05) is 22.1 Å². The summed E-state index contributed by atoms with van der Waals surface area (Å²) in [6.45, 7) is 2.70. The first-order chi connectivity index (χ1) is 15.8. The van der Waals surface area contributed by atoms with Crippen LogP contribution in [0, 0.1) is 5.41 Å². The number of hydrogen-bond donors (Lipinski definition) is 1. The summed E-state index contributed by atoms with van der Waals surface area (Å²) >= 11 is 1.28. The predicted molar refractivity (Wildman–Crippen MR) is 129 cm³/mol. The second-order valence-corrected chi connectivity index (χ2v) is 8.89. The maximum atomic E-state index is 12.9. The van der Waals surface area contributed by atoms with Gasteiger partial charge in [-0.1, -0.05) is 56.2 Å². The van der Waals surface area contributed by atoms with Crippen LogP contribution in [0.25, 0.3) is 11.0 Å². The molecule has 8 heteroatoms. The standard InChI is InChI=1S/C25H28F3N3OS/c1-3-4-5-6-7-8-22(17-31-14-13-19-15-21(32-2)16-30-24(19)31)33-23(29)18-9-11-20(12-10-18)25(26,27)28/h8-16,29H,3-7,17H2,1-2H3/b22-8+,29-23?. The minimum absolute atomic E-state index is 0.217. The number of rotatable bonds is 10. The van der Waals surface area contributed by atoms with Gasteiger partial charge in [-0.3, -0.25) is 5.41 Å². The van der Waals surface area contributed by atoms with Crippen molar-refractivity contribution in [3.05, 3.63) is 70.9 Å². The molecule has 0 aliphatic rings. The van der Waals surface area contributed by atoms with Crippen LogP contribution < -0.4 is 4.74 Å². The summed E-state index contributed by atoms with van der Waals surface area (Å²) in [5.41, 5.74) is 0.565. The highest BCUT2D eigenvalue weighted by molar-refractivity contribution is 8.17. The lowest BCUT2D eigenvalue weighted by atomic mass is 10.1. The zero-order valence-corrected chi connectivity index (χ0v) is 19.6. The Morgan fingerprint density at radius 2 is 1.91 bits per heavy atom. The van der Waals surface area contributed by atoms with Gasteiger partial charge in [-0.05, 0) is 37.1 Å². The number of allylic oxidation sites excluding steroid dienone is 2. The lowest BCUT2D eigenvalue weighted by Crippen LogP contribution is -2.06. The number of benzene rings is 1. The van der Waals surface area contributed by atoms with Crippen LogP contribution in [0.1, 0.15) is 50.2 Å². The van der Waals surface area contributed by atoms with E-state index in [1.54, 1.807) is 13.3 Å². The topological polar surface area (TPSA) is 50.9 Å². The van der Waals surface area contributed by atoms with Gasteiger partial charge in [0.2, 0.25) is 0 Å². The van der Waals surface area contributed by atoms with Crippen LogP contribution in [-0.2, 0) is 12.7 Å². The number of pyridine rings is 1. The van der Waals surface area contributed by atoms with Gasteiger partial charge in [-0.15, -0.1) is 0 Å². The van der Waals surface area contributed by atoms with Gasteiger partial charge in [0.05, 0.1) is 30.5 Å². The number of fused-ring (bicyclic) bond motifs is 1. The lowest BCUT2D eigenvalue weighted by Gasteiger charge is -2.12. The Kier molecular flexibility index (Phi) is 8.61. The number of halogens is 3. The molecule has 0 atom stereocenters. The Labute approximate surface area is 196 Å². The summed E-state index contributed by atoms with van der Waals surface area (Å²) in [4.78, 5) is 5.46. The van der Waals surface area contributed by atoms with E-state index in [0.717, 1.165) is 53.8 Å². The summed E-state index contributed by atoms with van der Waals surface area (Å²) in [6, 6.07) is 8.65. The molecule has 0 fully saturated rings. The van der Waals surface area contributed by atoms with E-state index >= 15 is 0 Å². The molecule has 0 amide bonds. The summed E-state index contributed by atoms with van der Waals surface area (Å²) in [6.07, 6.45) is 6.82. The lowest BCUT2D eigenvalue weighted by molar-refractivity contribution is -0.137. The summed E-state index contributed by atoms with van der Waals surface area (Å²) in [7, 11) is 1.60. The number of ether oxygens (including phenoxy) is 1. The van der Waals surface area contributed by atoms with Crippen molar-refractivity contribution in [2.24, 2.45) is 0 Å². The molecule has 4 nitrogen and oxygen atoms in total. The fourth-order valence-electron chi connectivity index (χ4n) is 3.44. The Bertz CT molecular complexity index is 1100. The van der Waals surface area contributed by atoms with Crippen LogP contribution in [0.15, 0.2) is 59.8 Å². The van der Waals surface area contributed by atoms with Gasteiger partial charge in [-0.25, -0.2) is 4.98 Å². The third kappa shape index (κ3) is 6.87. The van der Waals surface area contributed by atoms with Crippen LogP contribution >= 0.6 is 11.8 Å². The van der Waals surface area contributed by atoms with Gasteiger partial charge >= 0.3 is 6.18 Å². The van der Waals surface area contributed by atoms with E-state index in [4.69, 9.17) is 10.1 Å². The van der Waals surface area contributed by atoms with Crippen molar-refractivity contribution in [2.45, 2.75) is 51.7 Å². The molecule has 0 bridgehead atoms. The van der Waals surface area contributed by atoms with Crippen LogP contribution in [0.4, 0.5) is 13.2 Å². The fraction of sp³-hybridized carbons (Fsp3) is 0.360. The highest BCUT2D eigenvalue weighted by Crippen LogP contribution is 2.31. The molecular weight excluding hydrogens is 447 g/mol. The first-order valence-corrected chi connectivity index (χ1v) is 11.8. The van der Waals surface area contributed by atoms with Gasteiger partial charge < -0.3 is 9.30 Å². The first-order valence-electron chi connectivity index (χ1n) is 10.9. The minimum atomic E-state index is -4.39. The second-order valence-electron chi connectivity index (χ2n) is 7.76. The Hall–Kier alpha value is -2.74. The van der Waals surface area contributed by atoms with Crippen LogP contribution in [0.5, 0.6) is 5.75 Å². The smallest absolute Gasteiger partial charge is 0.416 e. The number of thioether (sulfide) groups is 1. The first kappa shape index (κ1) is 24.9. The number of nitrogens with zero attached hydrogens (tertiary/aromatic N) is 2. The molecule has 0 unspecified atom stereocenters. The van der Waals surface area contributed by atoms with Crippen LogP contribution in [0.2, 0.25) is 0 Å². The normalized spacial score (nSPS) is 12.3. The molecule has 1 aromatic carbocycles. The number of unbranched alkanes of at least 4 members (excludes halogenated alkanes) is 4. The van der Waals surface area contributed by atoms with Crippen molar-refractivity contribution < 1.29 is 17.9 Å². The molecular formula is C25H28F3N3OS. The Morgan fingerprint density at radius 3 is 2.58 bits per heavy atom. The number of methoxy groups -OCH3 is 1. The molecule has 3 aromatic rings. The minimum Gasteiger partial charge on any atom is -0.495 e. The highest BCUT2D eigenvalue weighted by Gasteiger charge is 2.30. The van der Waals surface area contributed by atoms with E-state index in [0.29, 0.717) is 17.9 Å². The average molecular weight is 476 g/mol. The van der Waals surface area contributed by atoms with Crippen LogP contribution in [-0.4, -0.2) is 21.7 Å². The molecule has 0 spiro atoms. The van der Waals surface area contributed by atoms with Crippen molar-refractivity contribution in [2.75, 3.05) is 7.11 Å². The van der Waals surface area contributed by atoms with Crippen LogP contribution in [0.3, 0.4) is 0 Å². The quantitative estimate of drug-likeness (QED) is 0.186. The molecule has 1 N–H and O–H groups in total. The largest absolute Gasteiger partial charge is 0.495 e. The number of alkyl halides is 3. The zero-order chi connectivity index (χ0) is 23.8. The van der Waals surface area contributed by atoms with E-state index in [2.05, 4.69) is 18.0 Å². The van der Waals surface area contributed by atoms with E-state index in [1.807, 2.05) is 22.9 Å². The number of aromatic nitrogens is 2. The van der Waals surface area contributed by atoms with Gasteiger partial charge in [-0.2, -0.15) is 13.2 Å². The summed E-state index contributed by atoms with van der Waals surface area (Å²) < 4.78 is 45.8. The fourth-order valence-corrected chi connectivity index (χ4v) is 4.36. The van der Waals surface area contributed by atoms with Crippen molar-refractivity contribution in [1.29, 1.82) is 5.41 Å². The molecule has 3 rings (SSSR count). The van der Waals surface area contributed by atoms with Crippen molar-refractivity contribution in [1.82, 2.24) is 9.55 Å². The van der Waals surface area contributed by atoms with E-state index in [1.165, 1.54) is 30.3 Å². The SMILES string of the molecule is CCCCCC/C=C(\Cn1ccc2cc(OC)cnc21)SC(=N)c1ccc(C(F)(F)F)cc1. The van der Waals surface area contributed by atoms with Crippen molar-refractivity contribution >= 4 is 27.8 Å². The van der Waals surface area contributed by atoms with Crippen molar-refractivity contribution in [3.63, 3.8) is 0 Å². The molecule has 2 aromatic heterocycles. The summed E-state index contributed by atoms with van der Waals surface area (Å²) in [5, 5.41) is 9.65. The molecule has 0 radical (unpaired) electrons. The van der Waals surface area contributed by atoms with Gasteiger partial charge in [0.1, 0.15) is 11.4 Å². The van der Waals surface area contributed by atoms with Gasteiger partial charge in [0.25, 0.3) is 0 Å². The highest BCUT2D eigenvalue weighted by atomic mass is 32.2. The molecule has 0 saturated carbocycles. The molecule has 33 heavy (non-hydrogen) atoms. The maximum absolute atomic E-state index is 12.9. The molecule has 0 aliphatic heterocycles. The monoisotopic (exact) mass is 475 g/mol. The molecule has 0 aliphatic carbocycles. The molecule has 176 valence electrons.